The van der Waals surface area contributed by atoms with Crippen molar-refractivity contribution < 1.29 is 27.5 Å². The molecule has 2 atom stereocenters. The third-order valence-corrected chi connectivity index (χ3v) is 6.23. The van der Waals surface area contributed by atoms with Crippen molar-refractivity contribution in [2.24, 2.45) is 0 Å². The molecule has 0 unspecified atom stereocenters. The second-order valence-corrected chi connectivity index (χ2v) is 8.72. The van der Waals surface area contributed by atoms with E-state index in [9.17, 15) is 18.0 Å². The lowest BCUT2D eigenvalue weighted by Crippen LogP contribution is -2.44. The molecule has 1 aromatic carbocycles. The Morgan fingerprint density at radius 2 is 1.93 bits per heavy atom. The predicted molar refractivity (Wildman–Crippen MR) is 103 cm³/mol. The first-order valence-electron chi connectivity index (χ1n) is 9.32. The van der Waals surface area contributed by atoms with Crippen LogP contribution >= 0.6 is 0 Å². The van der Waals surface area contributed by atoms with Gasteiger partial charge in [0.2, 0.25) is 10.0 Å². The standard InChI is InChI=1S/C19H28N2O6S/c1-14(12-26-3)20-28(24,25)17-9-7-16(8-10-17)19(23)27-13-18(22)21-11-5-4-6-15(21)2/h7-10,14-15,20H,4-6,11-13H2,1-3H3/t14-,15+/m0/s1. The number of methoxy groups -OCH3 is 1. The summed E-state index contributed by atoms with van der Waals surface area (Å²) in [5.74, 6) is -0.876. The summed E-state index contributed by atoms with van der Waals surface area (Å²) >= 11 is 0. The fourth-order valence-electron chi connectivity index (χ4n) is 3.15. The van der Waals surface area contributed by atoms with Gasteiger partial charge in [0.05, 0.1) is 17.1 Å². The van der Waals surface area contributed by atoms with Crippen molar-refractivity contribution in [2.75, 3.05) is 26.9 Å². The summed E-state index contributed by atoms with van der Waals surface area (Å²) in [7, 11) is -2.23. The van der Waals surface area contributed by atoms with Gasteiger partial charge in [0.25, 0.3) is 5.91 Å². The highest BCUT2D eigenvalue weighted by Crippen LogP contribution is 2.17. The Balaban J connectivity index is 1.93. The fourth-order valence-corrected chi connectivity index (χ4v) is 4.38. The molecule has 1 N–H and O–H groups in total. The Hall–Kier alpha value is -1.97. The molecule has 28 heavy (non-hydrogen) atoms. The number of likely N-dealkylation sites (tertiary alicyclic amines) is 1. The Kier molecular flexibility index (Phi) is 7.97. The number of carbonyl (C=O) groups excluding carboxylic acids is 2. The van der Waals surface area contributed by atoms with Gasteiger partial charge in [-0.1, -0.05) is 0 Å². The van der Waals surface area contributed by atoms with Gasteiger partial charge in [0.15, 0.2) is 6.61 Å². The second kappa shape index (κ2) is 9.99. The number of nitrogens with one attached hydrogen (secondary N) is 1. The molecular formula is C19H28N2O6S. The summed E-state index contributed by atoms with van der Waals surface area (Å²) in [5.41, 5.74) is 0.184. The molecule has 0 aliphatic carbocycles. The van der Waals surface area contributed by atoms with Crippen molar-refractivity contribution >= 4 is 21.9 Å². The average Bonchev–Trinajstić information content (AvgIpc) is 2.66. The van der Waals surface area contributed by atoms with E-state index in [0.717, 1.165) is 19.3 Å². The number of nitrogens with zero attached hydrogens (tertiary/aromatic N) is 1. The van der Waals surface area contributed by atoms with E-state index in [1.54, 1.807) is 11.8 Å². The minimum atomic E-state index is -3.71. The Bertz CT molecular complexity index is 778. The van der Waals surface area contributed by atoms with Gasteiger partial charge in [-0.3, -0.25) is 4.79 Å². The lowest BCUT2D eigenvalue weighted by molar-refractivity contribution is -0.137. The van der Waals surface area contributed by atoms with Crippen LogP contribution in [0.1, 0.15) is 43.5 Å². The molecule has 1 aliphatic rings. The van der Waals surface area contributed by atoms with Crippen LogP contribution in [0.15, 0.2) is 29.2 Å². The summed E-state index contributed by atoms with van der Waals surface area (Å²) in [6.45, 7) is 4.28. The molecule has 1 amide bonds. The van der Waals surface area contributed by atoms with Crippen LogP contribution in [0, 0.1) is 0 Å². The minimum Gasteiger partial charge on any atom is -0.452 e. The molecule has 0 aromatic heterocycles. The van der Waals surface area contributed by atoms with Crippen LogP contribution < -0.4 is 4.72 Å². The summed E-state index contributed by atoms with van der Waals surface area (Å²) < 4.78 is 37.1. The first-order valence-corrected chi connectivity index (χ1v) is 10.8. The van der Waals surface area contributed by atoms with Crippen molar-refractivity contribution in [1.29, 1.82) is 0 Å². The monoisotopic (exact) mass is 412 g/mol. The Labute approximate surface area is 166 Å². The summed E-state index contributed by atoms with van der Waals surface area (Å²) in [6, 6.07) is 5.15. The molecule has 0 spiro atoms. The van der Waals surface area contributed by atoms with Crippen molar-refractivity contribution in [3.63, 3.8) is 0 Å². The molecule has 8 nitrogen and oxygen atoms in total. The summed E-state index contributed by atoms with van der Waals surface area (Å²) in [5, 5.41) is 0. The molecule has 1 saturated heterocycles. The van der Waals surface area contributed by atoms with Crippen molar-refractivity contribution in [3.8, 4) is 0 Å². The third-order valence-electron chi connectivity index (χ3n) is 4.62. The SMILES string of the molecule is COC[C@H](C)NS(=O)(=O)c1ccc(C(=O)OCC(=O)N2CCCC[C@H]2C)cc1. The van der Waals surface area contributed by atoms with Gasteiger partial charge >= 0.3 is 5.97 Å². The number of carbonyl (C=O) groups is 2. The van der Waals surface area contributed by atoms with Crippen LogP contribution in [0.2, 0.25) is 0 Å². The molecule has 1 heterocycles. The molecule has 1 aliphatic heterocycles. The van der Waals surface area contributed by atoms with Crippen molar-refractivity contribution in [3.05, 3.63) is 29.8 Å². The van der Waals surface area contributed by atoms with Crippen LogP contribution in [0.4, 0.5) is 0 Å². The summed E-state index contributed by atoms with van der Waals surface area (Å²) in [4.78, 5) is 26.2. The number of hydrogen-bond donors (Lipinski definition) is 1. The van der Waals surface area contributed by atoms with Gasteiger partial charge in [0.1, 0.15) is 0 Å². The largest absolute Gasteiger partial charge is 0.452 e. The predicted octanol–water partition coefficient (Wildman–Crippen LogP) is 1.56. The highest BCUT2D eigenvalue weighted by atomic mass is 32.2. The molecular weight excluding hydrogens is 384 g/mol. The van der Waals surface area contributed by atoms with E-state index < -0.39 is 16.0 Å². The molecule has 0 radical (unpaired) electrons. The molecule has 2 rings (SSSR count). The summed E-state index contributed by atoms with van der Waals surface area (Å²) in [6.07, 6.45) is 3.00. The number of hydrogen-bond acceptors (Lipinski definition) is 6. The molecule has 1 fully saturated rings. The van der Waals surface area contributed by atoms with Crippen LogP contribution in [0.5, 0.6) is 0 Å². The van der Waals surface area contributed by atoms with E-state index in [0.29, 0.717) is 6.54 Å². The van der Waals surface area contributed by atoms with E-state index in [4.69, 9.17) is 9.47 Å². The third kappa shape index (κ3) is 6.02. The zero-order chi connectivity index (χ0) is 20.7. The molecule has 0 saturated carbocycles. The van der Waals surface area contributed by atoms with Gasteiger partial charge in [-0.05, 0) is 57.4 Å². The van der Waals surface area contributed by atoms with Crippen molar-refractivity contribution in [1.82, 2.24) is 9.62 Å². The number of amides is 1. The number of ether oxygens (including phenoxy) is 2. The highest BCUT2D eigenvalue weighted by Gasteiger charge is 2.24. The molecule has 9 heteroatoms. The molecule has 156 valence electrons. The maximum Gasteiger partial charge on any atom is 0.338 e. The molecule has 0 bridgehead atoms. The normalized spacial score (nSPS) is 18.5. The minimum absolute atomic E-state index is 0.0326. The van der Waals surface area contributed by atoms with E-state index >= 15 is 0 Å². The topological polar surface area (TPSA) is 102 Å². The van der Waals surface area contributed by atoms with E-state index in [2.05, 4.69) is 4.72 Å². The maximum absolute atomic E-state index is 12.3. The van der Waals surface area contributed by atoms with Crippen LogP contribution in [-0.4, -0.2) is 64.1 Å². The van der Waals surface area contributed by atoms with Gasteiger partial charge in [-0.2, -0.15) is 0 Å². The first kappa shape index (κ1) is 22.3. The van der Waals surface area contributed by atoms with E-state index in [-0.39, 0.29) is 41.7 Å². The van der Waals surface area contributed by atoms with Crippen molar-refractivity contribution in [2.45, 2.75) is 50.1 Å². The number of esters is 1. The smallest absolute Gasteiger partial charge is 0.338 e. The highest BCUT2D eigenvalue weighted by molar-refractivity contribution is 7.89. The van der Waals surface area contributed by atoms with Crippen LogP contribution in [-0.2, 0) is 24.3 Å². The number of sulfonamides is 1. The fraction of sp³-hybridized carbons (Fsp3) is 0.579. The maximum atomic E-state index is 12.3. The van der Waals surface area contributed by atoms with Crippen LogP contribution in [0.3, 0.4) is 0 Å². The first-order chi connectivity index (χ1) is 13.2. The Morgan fingerprint density at radius 3 is 2.54 bits per heavy atom. The average molecular weight is 413 g/mol. The number of piperidine rings is 1. The van der Waals surface area contributed by atoms with E-state index in [1.807, 2.05) is 6.92 Å². The van der Waals surface area contributed by atoms with Gasteiger partial charge < -0.3 is 14.4 Å². The number of benzene rings is 1. The quantitative estimate of drug-likeness (QED) is 0.650. The zero-order valence-electron chi connectivity index (χ0n) is 16.5. The van der Waals surface area contributed by atoms with Gasteiger partial charge in [-0.25, -0.2) is 17.9 Å². The van der Waals surface area contributed by atoms with Gasteiger partial charge in [-0.15, -0.1) is 0 Å². The second-order valence-electron chi connectivity index (χ2n) is 7.01. The zero-order valence-corrected chi connectivity index (χ0v) is 17.3. The molecule has 1 aromatic rings. The lowest BCUT2D eigenvalue weighted by atomic mass is 10.0. The van der Waals surface area contributed by atoms with E-state index in [1.165, 1.54) is 31.4 Å². The van der Waals surface area contributed by atoms with Gasteiger partial charge in [0, 0.05) is 25.7 Å². The lowest BCUT2D eigenvalue weighted by Gasteiger charge is -2.33. The van der Waals surface area contributed by atoms with Crippen LogP contribution in [0.25, 0.3) is 0 Å². The Morgan fingerprint density at radius 1 is 1.25 bits per heavy atom. The number of rotatable bonds is 8.